The Hall–Kier alpha value is -2.60. The van der Waals surface area contributed by atoms with Gasteiger partial charge in [0.15, 0.2) is 7.14 Å². The monoisotopic (exact) mass is 388 g/mol. The Balaban J connectivity index is 2.02. The van der Waals surface area contributed by atoms with Crippen LogP contribution in [0.15, 0.2) is 107 Å². The van der Waals surface area contributed by atoms with Crippen molar-refractivity contribution < 1.29 is 4.57 Å². The van der Waals surface area contributed by atoms with Crippen LogP contribution in [0.4, 0.5) is 0 Å². The molecule has 0 aromatic heterocycles. The van der Waals surface area contributed by atoms with Gasteiger partial charge in [-0.1, -0.05) is 103 Å². The van der Waals surface area contributed by atoms with E-state index in [4.69, 9.17) is 11.6 Å². The summed E-state index contributed by atoms with van der Waals surface area (Å²) in [6, 6.07) is 27.3. The summed E-state index contributed by atoms with van der Waals surface area (Å²) in [7, 11) is -3.07. The third-order valence-corrected chi connectivity index (χ3v) is 7.88. The van der Waals surface area contributed by atoms with E-state index in [0.29, 0.717) is 5.03 Å². The average molecular weight is 389 g/mol. The highest BCUT2D eigenvalue weighted by atomic mass is 35.5. The molecule has 3 aromatic carbocycles. The maximum atomic E-state index is 14.6. The second-order valence-corrected chi connectivity index (χ2v) is 9.55. The fourth-order valence-electron chi connectivity index (χ4n) is 3.26. The molecule has 0 amide bonds. The maximum absolute atomic E-state index is 14.6. The maximum Gasteiger partial charge on any atom is 0.171 e. The van der Waals surface area contributed by atoms with Crippen LogP contribution in [-0.4, -0.2) is 0 Å². The van der Waals surface area contributed by atoms with Crippen molar-refractivity contribution in [1.82, 2.24) is 0 Å². The summed E-state index contributed by atoms with van der Waals surface area (Å²) in [5, 5.41) is 2.87. The summed E-state index contributed by atoms with van der Waals surface area (Å²) in [6.07, 6.45) is 7.67. The van der Waals surface area contributed by atoms with Gasteiger partial charge in [0.05, 0.1) is 0 Å². The van der Waals surface area contributed by atoms with Crippen molar-refractivity contribution in [3.05, 3.63) is 119 Å². The third-order valence-electron chi connectivity index (χ3n) is 4.61. The van der Waals surface area contributed by atoms with Gasteiger partial charge in [-0.3, -0.25) is 0 Å². The van der Waals surface area contributed by atoms with E-state index in [1.807, 2.05) is 109 Å². The molecule has 0 heterocycles. The lowest BCUT2D eigenvalue weighted by Crippen LogP contribution is -2.17. The molecular weight excluding hydrogens is 371 g/mol. The zero-order valence-corrected chi connectivity index (χ0v) is 16.3. The van der Waals surface area contributed by atoms with E-state index >= 15 is 0 Å². The van der Waals surface area contributed by atoms with Crippen LogP contribution < -0.4 is 10.6 Å². The minimum atomic E-state index is -3.07. The Kier molecular flexibility index (Phi) is 4.99. The number of hydrogen-bond donors (Lipinski definition) is 0. The van der Waals surface area contributed by atoms with Gasteiger partial charge in [0.25, 0.3) is 0 Å². The molecule has 0 radical (unpaired) electrons. The predicted octanol–water partition coefficient (Wildman–Crippen LogP) is 6.19. The molecule has 3 aromatic rings. The van der Waals surface area contributed by atoms with Gasteiger partial charge in [0, 0.05) is 21.0 Å². The lowest BCUT2D eigenvalue weighted by atomic mass is 10.1. The molecule has 0 saturated carbocycles. The van der Waals surface area contributed by atoms with Crippen LogP contribution in [0.5, 0.6) is 0 Å². The van der Waals surface area contributed by atoms with Crippen LogP contribution in [0.25, 0.3) is 12.2 Å². The average Bonchev–Trinajstić information content (AvgIpc) is 2.72. The molecule has 27 heavy (non-hydrogen) atoms. The van der Waals surface area contributed by atoms with Crippen molar-refractivity contribution in [1.29, 1.82) is 0 Å². The van der Waals surface area contributed by atoms with Crippen LogP contribution in [0, 0.1) is 0 Å². The van der Waals surface area contributed by atoms with Gasteiger partial charge in [-0.2, -0.15) is 0 Å². The highest BCUT2D eigenvalue weighted by molar-refractivity contribution is 7.82. The van der Waals surface area contributed by atoms with Gasteiger partial charge in [-0.25, -0.2) is 0 Å². The fourth-order valence-corrected chi connectivity index (χ4v) is 6.24. The molecule has 0 N–H and O–H groups in total. The second-order valence-electron chi connectivity index (χ2n) is 6.34. The number of hydrogen-bond acceptors (Lipinski definition) is 1. The molecule has 1 aliphatic carbocycles. The van der Waals surface area contributed by atoms with Crippen molar-refractivity contribution >= 4 is 41.5 Å². The van der Waals surface area contributed by atoms with Crippen LogP contribution in [0.3, 0.4) is 0 Å². The highest BCUT2D eigenvalue weighted by Gasteiger charge is 2.31. The highest BCUT2D eigenvalue weighted by Crippen LogP contribution is 2.54. The van der Waals surface area contributed by atoms with Crippen molar-refractivity contribution in [3.8, 4) is 0 Å². The first-order valence-corrected chi connectivity index (χ1v) is 10.8. The third kappa shape index (κ3) is 3.49. The van der Waals surface area contributed by atoms with Crippen molar-refractivity contribution in [2.45, 2.75) is 0 Å². The molecule has 0 saturated heterocycles. The van der Waals surface area contributed by atoms with E-state index in [9.17, 15) is 4.57 Å². The minimum absolute atomic E-state index is 0.558. The number of rotatable bonds is 3. The molecule has 0 unspecified atom stereocenters. The number of allylic oxidation sites excluding steroid dienone is 4. The van der Waals surface area contributed by atoms with Gasteiger partial charge >= 0.3 is 0 Å². The Morgan fingerprint density at radius 1 is 0.593 bits per heavy atom. The molecule has 0 aliphatic heterocycles. The van der Waals surface area contributed by atoms with Crippen molar-refractivity contribution in [2.75, 3.05) is 0 Å². The largest absolute Gasteiger partial charge is 0.309 e. The summed E-state index contributed by atoms with van der Waals surface area (Å²) in [5.74, 6) is 0. The number of fused-ring (bicyclic) bond motifs is 1. The smallest absolute Gasteiger partial charge is 0.171 e. The Labute approximate surface area is 164 Å². The summed E-state index contributed by atoms with van der Waals surface area (Å²) in [5.41, 5.74) is 2.07. The molecule has 132 valence electrons. The minimum Gasteiger partial charge on any atom is -0.309 e. The van der Waals surface area contributed by atoms with Crippen molar-refractivity contribution in [3.63, 3.8) is 0 Å². The molecule has 0 spiro atoms. The summed E-state index contributed by atoms with van der Waals surface area (Å²) >= 11 is 6.45. The SMILES string of the molecule is O=P(C1=Cc2ccccc2C=CC(Cl)=C1)(c1ccccc1)c1ccccc1. The Morgan fingerprint density at radius 2 is 1.11 bits per heavy atom. The second kappa shape index (κ2) is 7.56. The van der Waals surface area contributed by atoms with E-state index in [1.54, 1.807) is 0 Å². The summed E-state index contributed by atoms with van der Waals surface area (Å²) in [6.45, 7) is 0. The molecular formula is C24H18ClOP. The summed E-state index contributed by atoms with van der Waals surface area (Å²) < 4.78 is 14.6. The molecule has 3 heteroatoms. The van der Waals surface area contributed by atoms with E-state index < -0.39 is 7.14 Å². The topological polar surface area (TPSA) is 17.1 Å². The van der Waals surface area contributed by atoms with Crippen LogP contribution >= 0.6 is 18.7 Å². The zero-order chi connectivity index (χ0) is 18.7. The van der Waals surface area contributed by atoms with Gasteiger partial charge in [0.2, 0.25) is 0 Å². The molecule has 0 bridgehead atoms. The zero-order valence-electron chi connectivity index (χ0n) is 14.6. The lowest BCUT2D eigenvalue weighted by Gasteiger charge is -2.22. The first-order valence-electron chi connectivity index (χ1n) is 8.76. The summed E-state index contributed by atoms with van der Waals surface area (Å²) in [4.78, 5) is 0. The molecule has 1 aliphatic rings. The van der Waals surface area contributed by atoms with Crippen LogP contribution in [0.2, 0.25) is 0 Å². The number of halogens is 1. The van der Waals surface area contributed by atoms with Crippen molar-refractivity contribution in [2.24, 2.45) is 0 Å². The van der Waals surface area contributed by atoms with Gasteiger partial charge in [-0.05, 0) is 29.4 Å². The molecule has 1 nitrogen and oxygen atoms in total. The Bertz CT molecular complexity index is 1050. The fraction of sp³-hybridized carbons (Fsp3) is 0. The molecule has 0 fully saturated rings. The van der Waals surface area contributed by atoms with E-state index in [2.05, 4.69) is 0 Å². The lowest BCUT2D eigenvalue weighted by molar-refractivity contribution is 0.591. The van der Waals surface area contributed by atoms with E-state index in [0.717, 1.165) is 27.1 Å². The van der Waals surface area contributed by atoms with Gasteiger partial charge in [-0.15, -0.1) is 0 Å². The Morgan fingerprint density at radius 3 is 1.70 bits per heavy atom. The van der Waals surface area contributed by atoms with E-state index in [1.165, 1.54) is 0 Å². The molecule has 0 atom stereocenters. The number of benzene rings is 3. The normalized spacial score (nSPS) is 13.8. The standard InChI is InChI=1S/C24H18ClOP/c25-21-16-15-19-9-7-8-10-20(19)17-24(18-21)27(26,22-11-3-1-4-12-22)23-13-5-2-6-14-23/h1-18H. The van der Waals surface area contributed by atoms with Crippen LogP contribution in [0.1, 0.15) is 11.1 Å². The van der Waals surface area contributed by atoms with E-state index in [-0.39, 0.29) is 0 Å². The first-order chi connectivity index (χ1) is 13.2. The van der Waals surface area contributed by atoms with Gasteiger partial charge in [0.1, 0.15) is 0 Å². The quantitative estimate of drug-likeness (QED) is 0.489. The first kappa shape index (κ1) is 17.8. The van der Waals surface area contributed by atoms with Crippen LogP contribution in [-0.2, 0) is 4.57 Å². The predicted molar refractivity (Wildman–Crippen MR) is 117 cm³/mol. The van der Waals surface area contributed by atoms with Gasteiger partial charge < -0.3 is 4.57 Å². The molecule has 4 rings (SSSR count).